The van der Waals surface area contributed by atoms with Crippen molar-refractivity contribution in [2.45, 2.75) is 56.5 Å². The Balaban J connectivity index is 1.30. The maximum atomic E-state index is 4.21. The highest BCUT2D eigenvalue weighted by Crippen LogP contribution is 2.48. The Hall–Kier alpha value is -1.64. The molecule has 2 heteroatoms. The van der Waals surface area contributed by atoms with Crippen LogP contribution in [-0.2, 0) is 0 Å². The van der Waals surface area contributed by atoms with E-state index in [2.05, 4.69) is 70.9 Å². The molecule has 0 amide bonds. The predicted octanol–water partition coefficient (Wildman–Crippen LogP) is 5.31. The number of piperidine rings is 3. The fourth-order valence-electron chi connectivity index (χ4n) is 7.61. The zero-order chi connectivity index (χ0) is 19.9. The van der Waals surface area contributed by atoms with E-state index in [1.54, 1.807) is 0 Å². The Kier molecular flexibility index (Phi) is 5.17. The number of benzene rings is 2. The van der Waals surface area contributed by atoms with Crippen LogP contribution in [-0.4, -0.2) is 36.6 Å². The van der Waals surface area contributed by atoms with Crippen LogP contribution in [0.25, 0.3) is 0 Å². The fourth-order valence-corrected chi connectivity index (χ4v) is 7.61. The van der Waals surface area contributed by atoms with Crippen molar-refractivity contribution in [1.29, 1.82) is 0 Å². The molecular weight excluding hydrogens is 364 g/mol. The van der Waals surface area contributed by atoms with Gasteiger partial charge in [0.2, 0.25) is 0 Å². The molecule has 3 heterocycles. The highest BCUT2D eigenvalue weighted by Gasteiger charge is 2.47. The molecule has 1 N–H and O–H groups in total. The van der Waals surface area contributed by atoms with Gasteiger partial charge in [0.15, 0.2) is 0 Å². The van der Waals surface area contributed by atoms with E-state index in [9.17, 15) is 0 Å². The molecule has 0 radical (unpaired) electrons. The Morgan fingerprint density at radius 1 is 0.767 bits per heavy atom. The minimum atomic E-state index is 0.452. The normalized spacial score (nSPS) is 37.2. The summed E-state index contributed by atoms with van der Waals surface area (Å²) >= 11 is 0. The molecule has 2 nitrogen and oxygen atoms in total. The van der Waals surface area contributed by atoms with Gasteiger partial charge in [-0.3, -0.25) is 4.90 Å². The van der Waals surface area contributed by atoms with Crippen LogP contribution < -0.4 is 5.32 Å². The average Bonchev–Trinajstić information content (AvgIpc) is 3.44. The SMILES string of the molecule is c1ccc(C(c2ccccc2)C2C(NC[C@H]3C[C@@H]4CCC3C4)C3CCN2CC3)cc1. The quantitative estimate of drug-likeness (QED) is 0.707. The van der Waals surface area contributed by atoms with E-state index >= 15 is 0 Å². The molecule has 7 rings (SSSR count). The van der Waals surface area contributed by atoms with Crippen molar-refractivity contribution in [3.8, 4) is 0 Å². The predicted molar refractivity (Wildman–Crippen MR) is 124 cm³/mol. The molecule has 2 aliphatic carbocycles. The number of hydrogen-bond donors (Lipinski definition) is 1. The standard InChI is InChI=1S/C28H36N2/c1-3-7-21(8-4-1)26(22-9-5-2-6-10-22)28-27(23-13-15-30(28)16-14-23)29-19-25-18-20-11-12-24(25)17-20/h1-10,20,23-29H,11-19H2/t20-,24?,25-,27?,28?/m1/s1. The van der Waals surface area contributed by atoms with Crippen LogP contribution in [0.4, 0.5) is 0 Å². The summed E-state index contributed by atoms with van der Waals surface area (Å²) in [7, 11) is 0. The molecular formula is C28H36N2. The minimum absolute atomic E-state index is 0.452. The van der Waals surface area contributed by atoms with E-state index in [0.717, 1.165) is 23.7 Å². The third-order valence-electron chi connectivity index (χ3n) is 9.03. The average molecular weight is 401 g/mol. The summed E-state index contributed by atoms with van der Waals surface area (Å²) in [5.74, 6) is 4.29. The van der Waals surface area contributed by atoms with Crippen LogP contribution in [0, 0.1) is 23.7 Å². The molecule has 5 atom stereocenters. The molecule has 4 bridgehead atoms. The van der Waals surface area contributed by atoms with Gasteiger partial charge in [-0.05, 0) is 86.5 Å². The number of hydrogen-bond acceptors (Lipinski definition) is 2. The second-order valence-electron chi connectivity index (χ2n) is 10.5. The molecule has 2 aromatic carbocycles. The Morgan fingerprint density at radius 3 is 2.00 bits per heavy atom. The van der Waals surface area contributed by atoms with E-state index in [-0.39, 0.29) is 0 Å². The molecule has 30 heavy (non-hydrogen) atoms. The highest BCUT2D eigenvalue weighted by atomic mass is 15.2. The minimum Gasteiger partial charge on any atom is -0.312 e. The van der Waals surface area contributed by atoms with Crippen molar-refractivity contribution in [3.63, 3.8) is 0 Å². The first-order valence-electron chi connectivity index (χ1n) is 12.4. The summed E-state index contributed by atoms with van der Waals surface area (Å²) < 4.78 is 0. The third kappa shape index (κ3) is 3.42. The Labute approximate surface area is 182 Å². The van der Waals surface area contributed by atoms with Gasteiger partial charge in [0.1, 0.15) is 0 Å². The fraction of sp³-hybridized carbons (Fsp3) is 0.571. The summed E-state index contributed by atoms with van der Waals surface area (Å²) in [6.45, 7) is 3.80. The second kappa shape index (κ2) is 8.13. The van der Waals surface area contributed by atoms with Crippen LogP contribution in [0.3, 0.4) is 0 Å². The summed E-state index contributed by atoms with van der Waals surface area (Å²) in [5, 5.41) is 4.21. The van der Waals surface area contributed by atoms with Gasteiger partial charge < -0.3 is 5.32 Å². The Morgan fingerprint density at radius 2 is 1.43 bits per heavy atom. The number of nitrogens with one attached hydrogen (secondary N) is 1. The molecule has 5 aliphatic rings. The van der Waals surface area contributed by atoms with E-state index < -0.39 is 0 Å². The van der Waals surface area contributed by atoms with Gasteiger partial charge in [0.25, 0.3) is 0 Å². The first kappa shape index (κ1) is 19.1. The van der Waals surface area contributed by atoms with Gasteiger partial charge in [-0.15, -0.1) is 0 Å². The first-order valence-corrected chi connectivity index (χ1v) is 12.4. The van der Waals surface area contributed by atoms with Crippen molar-refractivity contribution in [2.75, 3.05) is 19.6 Å². The van der Waals surface area contributed by atoms with Crippen molar-refractivity contribution in [1.82, 2.24) is 10.2 Å². The maximum absolute atomic E-state index is 4.21. The van der Waals surface area contributed by atoms with E-state index in [1.165, 1.54) is 69.3 Å². The van der Waals surface area contributed by atoms with E-state index in [4.69, 9.17) is 0 Å². The number of rotatable bonds is 6. The van der Waals surface area contributed by atoms with Crippen LogP contribution in [0.2, 0.25) is 0 Å². The summed E-state index contributed by atoms with van der Waals surface area (Å²) in [4.78, 5) is 2.82. The van der Waals surface area contributed by atoms with Gasteiger partial charge in [0, 0.05) is 18.0 Å². The molecule has 3 saturated heterocycles. The molecule has 3 aliphatic heterocycles. The number of fused-ring (bicyclic) bond motifs is 5. The molecule has 2 saturated carbocycles. The van der Waals surface area contributed by atoms with Gasteiger partial charge in [-0.2, -0.15) is 0 Å². The zero-order valence-corrected chi connectivity index (χ0v) is 18.1. The molecule has 3 unspecified atom stereocenters. The maximum Gasteiger partial charge on any atom is 0.0361 e. The van der Waals surface area contributed by atoms with Gasteiger partial charge in [-0.1, -0.05) is 67.1 Å². The first-order chi connectivity index (χ1) is 14.9. The third-order valence-corrected chi connectivity index (χ3v) is 9.03. The summed E-state index contributed by atoms with van der Waals surface area (Å²) in [6.07, 6.45) is 8.77. The van der Waals surface area contributed by atoms with Gasteiger partial charge in [0.05, 0.1) is 0 Å². The van der Waals surface area contributed by atoms with Crippen LogP contribution >= 0.6 is 0 Å². The van der Waals surface area contributed by atoms with Gasteiger partial charge >= 0.3 is 0 Å². The Bertz CT molecular complexity index is 787. The summed E-state index contributed by atoms with van der Waals surface area (Å²) in [6, 6.07) is 23.8. The van der Waals surface area contributed by atoms with Crippen molar-refractivity contribution >= 4 is 0 Å². The topological polar surface area (TPSA) is 15.3 Å². The lowest BCUT2D eigenvalue weighted by atomic mass is 9.70. The van der Waals surface area contributed by atoms with E-state index in [1.807, 2.05) is 0 Å². The lowest BCUT2D eigenvalue weighted by Gasteiger charge is -2.54. The zero-order valence-electron chi connectivity index (χ0n) is 18.1. The van der Waals surface area contributed by atoms with Crippen molar-refractivity contribution in [2.24, 2.45) is 23.7 Å². The highest BCUT2D eigenvalue weighted by molar-refractivity contribution is 5.36. The summed E-state index contributed by atoms with van der Waals surface area (Å²) in [5.41, 5.74) is 2.96. The largest absolute Gasteiger partial charge is 0.312 e. The van der Waals surface area contributed by atoms with Crippen LogP contribution in [0.1, 0.15) is 55.6 Å². The lowest BCUT2D eigenvalue weighted by molar-refractivity contribution is 0.00315. The monoisotopic (exact) mass is 400 g/mol. The van der Waals surface area contributed by atoms with E-state index in [0.29, 0.717) is 18.0 Å². The van der Waals surface area contributed by atoms with Gasteiger partial charge in [-0.25, -0.2) is 0 Å². The lowest BCUT2D eigenvalue weighted by Crippen LogP contribution is -2.65. The van der Waals surface area contributed by atoms with Crippen LogP contribution in [0.15, 0.2) is 60.7 Å². The second-order valence-corrected chi connectivity index (χ2v) is 10.5. The molecule has 0 aromatic heterocycles. The molecule has 2 aromatic rings. The van der Waals surface area contributed by atoms with Crippen LogP contribution in [0.5, 0.6) is 0 Å². The molecule has 5 fully saturated rings. The van der Waals surface area contributed by atoms with Crippen molar-refractivity contribution < 1.29 is 0 Å². The smallest absolute Gasteiger partial charge is 0.0361 e. The number of nitrogens with zero attached hydrogens (tertiary/aromatic N) is 1. The molecule has 158 valence electrons. The van der Waals surface area contributed by atoms with Crippen molar-refractivity contribution in [3.05, 3.63) is 71.8 Å². The molecule has 0 spiro atoms.